The molecule has 0 radical (unpaired) electrons. The van der Waals surface area contributed by atoms with Crippen LogP contribution in [0.4, 0.5) is 4.79 Å². The Balaban J connectivity index is 2.90. The zero-order valence-electron chi connectivity index (χ0n) is 14.5. The van der Waals surface area contributed by atoms with Crippen LogP contribution in [-0.4, -0.2) is 47.2 Å². The average molecular weight is 313 g/mol. The van der Waals surface area contributed by atoms with Gasteiger partial charge in [-0.3, -0.25) is 4.79 Å². The molecule has 0 spiro atoms. The number of nitrogens with two attached hydrogens (primary N) is 1. The monoisotopic (exact) mass is 313 g/mol. The molecular weight excluding hydrogens is 282 g/mol. The molecular formula is C16H31N3O3. The number of ether oxygens (including phenoxy) is 1. The Kier molecular flexibility index (Phi) is 6.66. The van der Waals surface area contributed by atoms with Crippen molar-refractivity contribution in [2.75, 3.05) is 6.54 Å². The van der Waals surface area contributed by atoms with Gasteiger partial charge in [-0.1, -0.05) is 12.8 Å². The maximum absolute atomic E-state index is 12.6. The van der Waals surface area contributed by atoms with Crippen LogP contribution >= 0.6 is 0 Å². The fraction of sp³-hybridized carbons (Fsp3) is 0.875. The van der Waals surface area contributed by atoms with Crippen molar-refractivity contribution >= 4 is 12.0 Å². The lowest BCUT2D eigenvalue weighted by atomic mass is 9.88. The molecule has 128 valence electrons. The second kappa shape index (κ2) is 7.81. The van der Waals surface area contributed by atoms with Gasteiger partial charge in [-0.15, -0.1) is 0 Å². The molecule has 2 amide bonds. The molecule has 0 saturated heterocycles. The van der Waals surface area contributed by atoms with E-state index in [4.69, 9.17) is 10.5 Å². The van der Waals surface area contributed by atoms with Crippen LogP contribution < -0.4 is 11.1 Å². The number of nitrogens with one attached hydrogen (secondary N) is 1. The second-order valence-corrected chi connectivity index (χ2v) is 7.21. The summed E-state index contributed by atoms with van der Waals surface area (Å²) in [6, 6.07) is -0.0888. The third-order valence-electron chi connectivity index (χ3n) is 3.78. The summed E-state index contributed by atoms with van der Waals surface area (Å²) < 4.78 is 5.54. The highest BCUT2D eigenvalue weighted by molar-refractivity contribution is 5.78. The summed E-state index contributed by atoms with van der Waals surface area (Å²) in [5, 5.41) is 2.96. The number of nitrogens with zero attached hydrogens (tertiary/aromatic N) is 1. The number of carbonyl (C=O) groups is 2. The molecule has 1 rings (SSSR count). The summed E-state index contributed by atoms with van der Waals surface area (Å²) in [5.74, 6) is -0.176. The van der Waals surface area contributed by atoms with E-state index in [1.165, 1.54) is 0 Å². The minimum Gasteiger partial charge on any atom is -0.444 e. The predicted octanol–water partition coefficient (Wildman–Crippen LogP) is 2.02. The molecule has 0 aliphatic heterocycles. The lowest BCUT2D eigenvalue weighted by Crippen LogP contribution is -2.58. The normalized spacial score (nSPS) is 22.3. The molecule has 22 heavy (non-hydrogen) atoms. The maximum atomic E-state index is 12.6. The van der Waals surface area contributed by atoms with Gasteiger partial charge in [0.15, 0.2) is 0 Å². The van der Waals surface area contributed by atoms with E-state index in [-0.39, 0.29) is 36.7 Å². The van der Waals surface area contributed by atoms with Crippen molar-refractivity contribution in [2.24, 2.45) is 5.73 Å². The minimum atomic E-state index is -0.533. The molecule has 0 aromatic rings. The van der Waals surface area contributed by atoms with Crippen molar-refractivity contribution in [3.63, 3.8) is 0 Å². The maximum Gasteiger partial charge on any atom is 0.410 e. The van der Waals surface area contributed by atoms with Crippen LogP contribution in [0, 0.1) is 0 Å². The molecule has 6 nitrogen and oxygen atoms in total. The predicted molar refractivity (Wildman–Crippen MR) is 86.5 cm³/mol. The summed E-state index contributed by atoms with van der Waals surface area (Å²) in [6.45, 7) is 9.49. The fourth-order valence-corrected chi connectivity index (χ4v) is 2.92. The van der Waals surface area contributed by atoms with E-state index in [0.717, 1.165) is 25.7 Å². The van der Waals surface area contributed by atoms with Gasteiger partial charge >= 0.3 is 6.09 Å². The Labute approximate surface area is 133 Å². The highest BCUT2D eigenvalue weighted by Crippen LogP contribution is 2.26. The lowest BCUT2D eigenvalue weighted by Gasteiger charge is -2.42. The molecule has 1 aliphatic carbocycles. The summed E-state index contributed by atoms with van der Waals surface area (Å²) in [6.07, 6.45) is 3.51. The molecule has 1 saturated carbocycles. The van der Waals surface area contributed by atoms with Gasteiger partial charge in [0, 0.05) is 12.1 Å². The SMILES string of the molecule is CC(C)N(C(=O)OC(C)(C)C)[C@@H]1CCCC[C@@H]1NC(=O)CN. The third-order valence-corrected chi connectivity index (χ3v) is 3.78. The zero-order chi connectivity index (χ0) is 16.9. The van der Waals surface area contributed by atoms with Gasteiger partial charge in [0.25, 0.3) is 0 Å². The van der Waals surface area contributed by atoms with E-state index in [1.807, 2.05) is 34.6 Å². The standard InChI is InChI=1S/C16H31N3O3/c1-11(2)19(15(21)22-16(3,4)5)13-9-7-6-8-12(13)18-14(20)10-17/h11-13H,6-10,17H2,1-5H3,(H,18,20)/t12-,13+/m0/s1. The second-order valence-electron chi connectivity index (χ2n) is 7.21. The van der Waals surface area contributed by atoms with E-state index in [0.29, 0.717) is 0 Å². The number of carbonyl (C=O) groups excluding carboxylic acids is 2. The van der Waals surface area contributed by atoms with Crippen molar-refractivity contribution in [1.29, 1.82) is 0 Å². The van der Waals surface area contributed by atoms with Gasteiger partial charge < -0.3 is 20.7 Å². The molecule has 0 heterocycles. The molecule has 6 heteroatoms. The van der Waals surface area contributed by atoms with Crippen molar-refractivity contribution < 1.29 is 14.3 Å². The largest absolute Gasteiger partial charge is 0.444 e. The molecule has 0 bridgehead atoms. The third kappa shape index (κ3) is 5.48. The summed E-state index contributed by atoms with van der Waals surface area (Å²) in [7, 11) is 0. The van der Waals surface area contributed by atoms with Crippen LogP contribution in [0.25, 0.3) is 0 Å². The van der Waals surface area contributed by atoms with Crippen molar-refractivity contribution in [3.8, 4) is 0 Å². The van der Waals surface area contributed by atoms with Crippen molar-refractivity contribution in [1.82, 2.24) is 10.2 Å². The van der Waals surface area contributed by atoms with E-state index in [1.54, 1.807) is 4.90 Å². The molecule has 0 aromatic heterocycles. The van der Waals surface area contributed by atoms with E-state index >= 15 is 0 Å². The minimum absolute atomic E-state index is 0.00947. The highest BCUT2D eigenvalue weighted by atomic mass is 16.6. The van der Waals surface area contributed by atoms with Gasteiger partial charge in [0.2, 0.25) is 5.91 Å². The van der Waals surface area contributed by atoms with Crippen LogP contribution in [0.3, 0.4) is 0 Å². The molecule has 0 aromatic carbocycles. The van der Waals surface area contributed by atoms with Gasteiger partial charge in [0.05, 0.1) is 12.6 Å². The van der Waals surface area contributed by atoms with Crippen LogP contribution in [0.1, 0.15) is 60.3 Å². The smallest absolute Gasteiger partial charge is 0.410 e. The Morgan fingerprint density at radius 1 is 1.27 bits per heavy atom. The summed E-state index contributed by atoms with van der Waals surface area (Å²) in [4.78, 5) is 26.0. The first-order valence-electron chi connectivity index (χ1n) is 8.16. The first-order valence-corrected chi connectivity index (χ1v) is 8.16. The average Bonchev–Trinajstić information content (AvgIpc) is 2.38. The van der Waals surface area contributed by atoms with Crippen LogP contribution in [0.5, 0.6) is 0 Å². The lowest BCUT2D eigenvalue weighted by molar-refractivity contribution is -0.121. The number of amides is 2. The number of hydrogen-bond acceptors (Lipinski definition) is 4. The van der Waals surface area contributed by atoms with Crippen molar-refractivity contribution in [2.45, 2.75) is 84.0 Å². The molecule has 3 N–H and O–H groups in total. The summed E-state index contributed by atoms with van der Waals surface area (Å²) >= 11 is 0. The topological polar surface area (TPSA) is 84.7 Å². The first kappa shape index (κ1) is 18.7. The Bertz CT molecular complexity index is 391. The van der Waals surface area contributed by atoms with Gasteiger partial charge in [-0.25, -0.2) is 4.79 Å². The summed E-state index contributed by atoms with van der Waals surface area (Å²) in [5.41, 5.74) is 4.86. The van der Waals surface area contributed by atoms with Crippen LogP contribution in [0.15, 0.2) is 0 Å². The molecule has 2 atom stereocenters. The zero-order valence-corrected chi connectivity index (χ0v) is 14.5. The Morgan fingerprint density at radius 2 is 1.86 bits per heavy atom. The van der Waals surface area contributed by atoms with Crippen LogP contribution in [-0.2, 0) is 9.53 Å². The quantitative estimate of drug-likeness (QED) is 0.831. The first-order chi connectivity index (χ1) is 10.2. The number of hydrogen-bond donors (Lipinski definition) is 2. The van der Waals surface area contributed by atoms with E-state index < -0.39 is 5.60 Å². The molecule has 0 unspecified atom stereocenters. The van der Waals surface area contributed by atoms with Crippen LogP contribution in [0.2, 0.25) is 0 Å². The van der Waals surface area contributed by atoms with Crippen molar-refractivity contribution in [3.05, 3.63) is 0 Å². The molecule has 1 fully saturated rings. The molecule has 1 aliphatic rings. The van der Waals surface area contributed by atoms with Gasteiger partial charge in [0.1, 0.15) is 5.60 Å². The van der Waals surface area contributed by atoms with E-state index in [2.05, 4.69) is 5.32 Å². The highest BCUT2D eigenvalue weighted by Gasteiger charge is 2.37. The Morgan fingerprint density at radius 3 is 2.36 bits per heavy atom. The Hall–Kier alpha value is -1.30. The van der Waals surface area contributed by atoms with E-state index in [9.17, 15) is 9.59 Å². The number of rotatable bonds is 4. The fourth-order valence-electron chi connectivity index (χ4n) is 2.92. The van der Waals surface area contributed by atoms with Gasteiger partial charge in [-0.2, -0.15) is 0 Å². The van der Waals surface area contributed by atoms with Gasteiger partial charge in [-0.05, 0) is 47.5 Å².